The van der Waals surface area contributed by atoms with Crippen LogP contribution in [0, 0.1) is 6.92 Å². The fourth-order valence-electron chi connectivity index (χ4n) is 3.32. The molecule has 0 saturated carbocycles. The Balaban J connectivity index is 1.97. The van der Waals surface area contributed by atoms with E-state index < -0.39 is 6.04 Å². The third-order valence-corrected chi connectivity index (χ3v) is 4.42. The highest BCUT2D eigenvalue weighted by Gasteiger charge is 2.39. The maximum Gasteiger partial charge on any atom is 0.251 e. The van der Waals surface area contributed by atoms with Crippen LogP contribution in [0.2, 0.25) is 0 Å². The van der Waals surface area contributed by atoms with Crippen LogP contribution in [0.4, 0.5) is 11.5 Å². The summed E-state index contributed by atoms with van der Waals surface area (Å²) in [5.74, 6) is 0.447. The predicted molar refractivity (Wildman–Crippen MR) is 94.1 cm³/mol. The number of amides is 2. The normalized spacial score (nSPS) is 16.0. The van der Waals surface area contributed by atoms with Crippen molar-refractivity contribution in [3.63, 3.8) is 0 Å². The minimum Gasteiger partial charge on any atom is -0.300 e. The highest BCUT2D eigenvalue weighted by Crippen LogP contribution is 2.33. The summed E-state index contributed by atoms with van der Waals surface area (Å²) < 4.78 is 0. The molecule has 3 rings (SSSR count). The molecule has 1 aromatic carbocycles. The van der Waals surface area contributed by atoms with E-state index in [9.17, 15) is 9.59 Å². The molecule has 5 heteroatoms. The van der Waals surface area contributed by atoms with Gasteiger partial charge in [0.05, 0.1) is 0 Å². The Hall–Kier alpha value is -2.69. The number of aromatic nitrogens is 1. The maximum absolute atomic E-state index is 13.2. The number of carbonyl (C=O) groups excluding carboxylic acids is 2. The van der Waals surface area contributed by atoms with E-state index in [1.807, 2.05) is 50.2 Å². The number of aryl methyl sites for hydroxylation is 1. The molecule has 0 spiro atoms. The largest absolute Gasteiger partial charge is 0.300 e. The summed E-state index contributed by atoms with van der Waals surface area (Å²) in [5, 5.41) is 0. The highest BCUT2D eigenvalue weighted by molar-refractivity contribution is 6.07. The van der Waals surface area contributed by atoms with Crippen LogP contribution in [-0.4, -0.2) is 29.4 Å². The summed E-state index contributed by atoms with van der Waals surface area (Å²) in [6.45, 7) is 5.87. The lowest BCUT2D eigenvalue weighted by atomic mass is 10.1. The third kappa shape index (κ3) is 2.66. The van der Waals surface area contributed by atoms with Crippen molar-refractivity contribution in [2.45, 2.75) is 33.2 Å². The highest BCUT2D eigenvalue weighted by atomic mass is 16.2. The second-order valence-corrected chi connectivity index (χ2v) is 5.96. The standard InChI is InChI=1S/C19H21N3O2/c1-4-21(18-13(2)8-7-11-20-18)19(24)17-12-15-9-5-6-10-16(15)22(17)14(3)23/h5-11,17H,4,12H2,1-3H3/t17-/m0/s1. The van der Waals surface area contributed by atoms with Crippen molar-refractivity contribution in [3.8, 4) is 0 Å². The number of pyridine rings is 1. The molecule has 1 aliphatic rings. The van der Waals surface area contributed by atoms with E-state index in [-0.39, 0.29) is 11.8 Å². The van der Waals surface area contributed by atoms with E-state index >= 15 is 0 Å². The van der Waals surface area contributed by atoms with Crippen molar-refractivity contribution in [1.29, 1.82) is 0 Å². The Bertz CT molecular complexity index is 788. The van der Waals surface area contributed by atoms with Gasteiger partial charge in [-0.2, -0.15) is 0 Å². The van der Waals surface area contributed by atoms with Gasteiger partial charge < -0.3 is 0 Å². The van der Waals surface area contributed by atoms with Crippen molar-refractivity contribution in [1.82, 2.24) is 4.98 Å². The zero-order valence-electron chi connectivity index (χ0n) is 14.2. The van der Waals surface area contributed by atoms with Gasteiger partial charge in [0.1, 0.15) is 11.9 Å². The number of carbonyl (C=O) groups is 2. The number of likely N-dealkylation sites (N-methyl/N-ethyl adjacent to an activating group) is 1. The molecule has 0 radical (unpaired) electrons. The van der Waals surface area contributed by atoms with E-state index in [0.29, 0.717) is 18.8 Å². The number of fused-ring (bicyclic) bond motifs is 1. The van der Waals surface area contributed by atoms with Gasteiger partial charge in [-0.15, -0.1) is 0 Å². The lowest BCUT2D eigenvalue weighted by molar-refractivity contribution is -0.123. The molecule has 0 saturated heterocycles. The summed E-state index contributed by atoms with van der Waals surface area (Å²) in [6, 6.07) is 11.0. The molecule has 0 aliphatic carbocycles. The van der Waals surface area contributed by atoms with Gasteiger partial charge in [0.25, 0.3) is 5.91 Å². The second kappa shape index (κ2) is 6.43. The smallest absolute Gasteiger partial charge is 0.251 e. The first-order chi connectivity index (χ1) is 11.5. The first-order valence-electron chi connectivity index (χ1n) is 8.15. The van der Waals surface area contributed by atoms with E-state index in [4.69, 9.17) is 0 Å². The fraction of sp³-hybridized carbons (Fsp3) is 0.316. The molecule has 124 valence electrons. The average Bonchev–Trinajstić information content (AvgIpc) is 2.96. The molecule has 2 heterocycles. The van der Waals surface area contributed by atoms with Crippen LogP contribution in [0.15, 0.2) is 42.6 Å². The third-order valence-electron chi connectivity index (χ3n) is 4.42. The van der Waals surface area contributed by atoms with Crippen molar-refractivity contribution in [2.24, 2.45) is 0 Å². The van der Waals surface area contributed by atoms with Crippen molar-refractivity contribution in [2.75, 3.05) is 16.3 Å². The summed E-state index contributed by atoms with van der Waals surface area (Å²) in [7, 11) is 0. The van der Waals surface area contributed by atoms with Crippen LogP contribution in [-0.2, 0) is 16.0 Å². The van der Waals surface area contributed by atoms with E-state index in [1.165, 1.54) is 6.92 Å². The first kappa shape index (κ1) is 16.2. The predicted octanol–water partition coefficient (Wildman–Crippen LogP) is 2.72. The molecule has 24 heavy (non-hydrogen) atoms. The molecule has 1 atom stereocenters. The zero-order chi connectivity index (χ0) is 17.3. The second-order valence-electron chi connectivity index (χ2n) is 5.96. The average molecular weight is 323 g/mol. The zero-order valence-corrected chi connectivity index (χ0v) is 14.2. The Morgan fingerprint density at radius 2 is 2.00 bits per heavy atom. The Morgan fingerprint density at radius 3 is 2.67 bits per heavy atom. The van der Waals surface area contributed by atoms with E-state index in [2.05, 4.69) is 4.98 Å². The molecule has 2 amide bonds. The van der Waals surface area contributed by atoms with Gasteiger partial charge in [-0.1, -0.05) is 24.3 Å². The molecular weight excluding hydrogens is 302 g/mol. The number of anilines is 2. The Labute approximate surface area is 141 Å². The van der Waals surface area contributed by atoms with Crippen molar-refractivity contribution < 1.29 is 9.59 Å². The van der Waals surface area contributed by atoms with Gasteiger partial charge in [0.2, 0.25) is 5.91 Å². The van der Waals surface area contributed by atoms with Gasteiger partial charge in [0.15, 0.2) is 0 Å². The van der Waals surface area contributed by atoms with Gasteiger partial charge in [-0.05, 0) is 37.1 Å². The van der Waals surface area contributed by atoms with Gasteiger partial charge >= 0.3 is 0 Å². The van der Waals surface area contributed by atoms with Crippen LogP contribution in [0.5, 0.6) is 0 Å². The quantitative estimate of drug-likeness (QED) is 0.873. The van der Waals surface area contributed by atoms with Crippen molar-refractivity contribution in [3.05, 3.63) is 53.7 Å². The fourth-order valence-corrected chi connectivity index (χ4v) is 3.32. The van der Waals surface area contributed by atoms with Crippen molar-refractivity contribution >= 4 is 23.3 Å². The number of benzene rings is 1. The SMILES string of the molecule is CCN(C(=O)[C@@H]1Cc2ccccc2N1C(C)=O)c1ncccc1C. The molecule has 5 nitrogen and oxygen atoms in total. The first-order valence-corrected chi connectivity index (χ1v) is 8.15. The van der Waals surface area contributed by atoms with Gasteiger partial charge in [-0.3, -0.25) is 19.4 Å². The lowest BCUT2D eigenvalue weighted by Crippen LogP contribution is -2.49. The number of nitrogens with zero attached hydrogens (tertiary/aromatic N) is 3. The summed E-state index contributed by atoms with van der Waals surface area (Å²) in [4.78, 5) is 33.0. The topological polar surface area (TPSA) is 53.5 Å². The molecule has 0 N–H and O–H groups in total. The summed E-state index contributed by atoms with van der Waals surface area (Å²) >= 11 is 0. The van der Waals surface area contributed by atoms with Crippen LogP contribution in [0.3, 0.4) is 0 Å². The lowest BCUT2D eigenvalue weighted by Gasteiger charge is -2.29. The van der Waals surface area contributed by atoms with E-state index in [0.717, 1.165) is 16.8 Å². The summed E-state index contributed by atoms with van der Waals surface area (Å²) in [5.41, 5.74) is 2.80. The van der Waals surface area contributed by atoms with Crippen LogP contribution < -0.4 is 9.80 Å². The minimum atomic E-state index is -0.513. The monoisotopic (exact) mass is 323 g/mol. The number of para-hydroxylation sites is 1. The molecule has 1 aromatic heterocycles. The van der Waals surface area contributed by atoms with Crippen LogP contribution in [0.1, 0.15) is 25.0 Å². The molecule has 0 bridgehead atoms. The minimum absolute atomic E-state index is 0.0919. The number of hydrogen-bond donors (Lipinski definition) is 0. The maximum atomic E-state index is 13.2. The molecular formula is C19H21N3O2. The molecule has 0 unspecified atom stereocenters. The van der Waals surface area contributed by atoms with Crippen LogP contribution in [0.25, 0.3) is 0 Å². The summed E-state index contributed by atoms with van der Waals surface area (Å²) in [6.07, 6.45) is 2.22. The van der Waals surface area contributed by atoms with Crippen LogP contribution >= 0.6 is 0 Å². The molecule has 0 fully saturated rings. The van der Waals surface area contributed by atoms with E-state index in [1.54, 1.807) is 16.0 Å². The molecule has 1 aliphatic heterocycles. The number of rotatable bonds is 3. The van der Waals surface area contributed by atoms with Gasteiger partial charge in [-0.25, -0.2) is 4.98 Å². The Kier molecular flexibility index (Phi) is 4.34. The number of hydrogen-bond acceptors (Lipinski definition) is 3. The Morgan fingerprint density at radius 1 is 1.25 bits per heavy atom. The van der Waals surface area contributed by atoms with Gasteiger partial charge in [0, 0.05) is 31.8 Å². The molecule has 2 aromatic rings.